The lowest BCUT2D eigenvalue weighted by atomic mass is 10.00. The van der Waals surface area contributed by atoms with E-state index >= 15 is 0 Å². The van der Waals surface area contributed by atoms with Crippen molar-refractivity contribution in [3.8, 4) is 5.75 Å². The summed E-state index contributed by atoms with van der Waals surface area (Å²) in [4.78, 5) is 0. The van der Waals surface area contributed by atoms with Crippen LogP contribution in [0.1, 0.15) is 22.8 Å². The van der Waals surface area contributed by atoms with Gasteiger partial charge in [0.2, 0.25) is 0 Å². The first kappa shape index (κ1) is 14.6. The molecule has 2 rings (SSSR count). The molecule has 0 bridgehead atoms. The Morgan fingerprint density at radius 3 is 2.68 bits per heavy atom. The van der Waals surface area contributed by atoms with Crippen LogP contribution in [0, 0.1) is 10.5 Å². The summed E-state index contributed by atoms with van der Waals surface area (Å²) in [6, 6.07) is 11.2. The lowest BCUT2D eigenvalue weighted by Crippen LogP contribution is -2.03. The zero-order valence-corrected chi connectivity index (χ0v) is 13.6. The Labute approximate surface area is 131 Å². The van der Waals surface area contributed by atoms with Crippen LogP contribution >= 0.6 is 34.2 Å². The van der Waals surface area contributed by atoms with Gasteiger partial charge in [-0.25, -0.2) is 0 Å². The molecule has 0 fully saturated rings. The molecule has 100 valence electrons. The standard InChI is InChI=1S/C15H14ClIO2/c1-9-4-3-5-11(14(9)17)15(18)10-6-7-12(16)13(8-10)19-2/h3-8,15,18H,1-2H3. The number of aliphatic hydroxyl groups is 1. The van der Waals surface area contributed by atoms with Gasteiger partial charge in [-0.15, -0.1) is 0 Å². The number of halogens is 2. The fraction of sp³-hybridized carbons (Fsp3) is 0.200. The summed E-state index contributed by atoms with van der Waals surface area (Å²) in [6.07, 6.45) is -0.682. The van der Waals surface area contributed by atoms with Crippen LogP contribution in [0.4, 0.5) is 0 Å². The molecule has 1 atom stereocenters. The molecule has 0 aliphatic rings. The maximum Gasteiger partial charge on any atom is 0.137 e. The first-order chi connectivity index (χ1) is 9.04. The Kier molecular flexibility index (Phi) is 4.71. The van der Waals surface area contributed by atoms with Crippen molar-refractivity contribution in [2.75, 3.05) is 7.11 Å². The van der Waals surface area contributed by atoms with Crippen molar-refractivity contribution in [3.63, 3.8) is 0 Å². The van der Waals surface area contributed by atoms with Crippen molar-refractivity contribution < 1.29 is 9.84 Å². The number of aliphatic hydroxyl groups excluding tert-OH is 1. The van der Waals surface area contributed by atoms with Crippen LogP contribution in [0.3, 0.4) is 0 Å². The monoisotopic (exact) mass is 388 g/mol. The second-order valence-electron chi connectivity index (χ2n) is 4.27. The van der Waals surface area contributed by atoms with Crippen LogP contribution in [0.15, 0.2) is 36.4 Å². The molecule has 2 nitrogen and oxygen atoms in total. The zero-order valence-electron chi connectivity index (χ0n) is 10.7. The highest BCUT2D eigenvalue weighted by Crippen LogP contribution is 2.32. The number of hydrogen-bond acceptors (Lipinski definition) is 2. The van der Waals surface area contributed by atoms with E-state index in [0.717, 1.165) is 20.3 Å². The highest BCUT2D eigenvalue weighted by Gasteiger charge is 2.16. The Morgan fingerprint density at radius 2 is 2.00 bits per heavy atom. The highest BCUT2D eigenvalue weighted by atomic mass is 127. The molecule has 0 radical (unpaired) electrons. The SMILES string of the molecule is COc1cc(C(O)c2cccc(C)c2I)ccc1Cl. The van der Waals surface area contributed by atoms with Gasteiger partial charge in [-0.1, -0.05) is 35.9 Å². The van der Waals surface area contributed by atoms with Crippen molar-refractivity contribution in [1.82, 2.24) is 0 Å². The van der Waals surface area contributed by atoms with Gasteiger partial charge in [-0.2, -0.15) is 0 Å². The Bertz CT molecular complexity index is 599. The van der Waals surface area contributed by atoms with E-state index in [4.69, 9.17) is 16.3 Å². The largest absolute Gasteiger partial charge is 0.495 e. The molecule has 0 saturated carbocycles. The molecule has 4 heteroatoms. The van der Waals surface area contributed by atoms with Gasteiger partial charge in [0.25, 0.3) is 0 Å². The number of rotatable bonds is 3. The van der Waals surface area contributed by atoms with Gasteiger partial charge in [-0.05, 0) is 58.3 Å². The average molecular weight is 389 g/mol. The van der Waals surface area contributed by atoms with Gasteiger partial charge in [0, 0.05) is 3.57 Å². The van der Waals surface area contributed by atoms with Crippen LogP contribution < -0.4 is 4.74 Å². The van der Waals surface area contributed by atoms with Crippen LogP contribution in [-0.2, 0) is 0 Å². The van der Waals surface area contributed by atoms with E-state index in [-0.39, 0.29) is 0 Å². The predicted octanol–water partition coefficient (Wildman–Crippen LogP) is 4.34. The predicted molar refractivity (Wildman–Crippen MR) is 86.0 cm³/mol. The van der Waals surface area contributed by atoms with Crippen LogP contribution in [0.2, 0.25) is 5.02 Å². The van der Waals surface area contributed by atoms with Crippen molar-refractivity contribution in [2.24, 2.45) is 0 Å². The number of benzene rings is 2. The highest BCUT2D eigenvalue weighted by molar-refractivity contribution is 14.1. The average Bonchev–Trinajstić information content (AvgIpc) is 2.41. The molecule has 0 aliphatic heterocycles. The molecule has 0 aromatic heterocycles. The normalized spacial score (nSPS) is 12.3. The van der Waals surface area contributed by atoms with Gasteiger partial charge in [0.1, 0.15) is 11.9 Å². The summed E-state index contributed by atoms with van der Waals surface area (Å²) in [5.74, 6) is 0.570. The smallest absolute Gasteiger partial charge is 0.137 e. The number of methoxy groups -OCH3 is 1. The summed E-state index contributed by atoms with van der Waals surface area (Å²) in [5, 5.41) is 11.0. The lowest BCUT2D eigenvalue weighted by Gasteiger charge is -2.16. The molecule has 0 spiro atoms. The van der Waals surface area contributed by atoms with Crippen molar-refractivity contribution in [2.45, 2.75) is 13.0 Å². The van der Waals surface area contributed by atoms with Crippen molar-refractivity contribution >= 4 is 34.2 Å². The third kappa shape index (κ3) is 3.04. The quantitative estimate of drug-likeness (QED) is 0.793. The Balaban J connectivity index is 2.44. The van der Waals surface area contributed by atoms with E-state index in [2.05, 4.69) is 22.6 Å². The molecule has 1 N–H and O–H groups in total. The molecule has 1 unspecified atom stereocenters. The molecule has 0 aliphatic carbocycles. The van der Waals surface area contributed by atoms with E-state index in [1.807, 2.05) is 31.2 Å². The molecule has 19 heavy (non-hydrogen) atoms. The Morgan fingerprint density at radius 1 is 1.26 bits per heavy atom. The van der Waals surface area contributed by atoms with Crippen LogP contribution in [0.5, 0.6) is 5.75 Å². The topological polar surface area (TPSA) is 29.5 Å². The summed E-state index contributed by atoms with van der Waals surface area (Å²) in [7, 11) is 1.56. The molecule has 0 heterocycles. The van der Waals surface area contributed by atoms with Gasteiger partial charge in [0.15, 0.2) is 0 Å². The number of aryl methyl sites for hydroxylation is 1. The van der Waals surface area contributed by atoms with E-state index in [1.54, 1.807) is 19.2 Å². The van der Waals surface area contributed by atoms with E-state index in [0.29, 0.717) is 10.8 Å². The van der Waals surface area contributed by atoms with Gasteiger partial charge in [0.05, 0.1) is 12.1 Å². The summed E-state index contributed by atoms with van der Waals surface area (Å²) in [5.41, 5.74) is 2.81. The van der Waals surface area contributed by atoms with Gasteiger partial charge < -0.3 is 9.84 Å². The van der Waals surface area contributed by atoms with Crippen molar-refractivity contribution in [3.05, 3.63) is 61.7 Å². The fourth-order valence-electron chi connectivity index (χ4n) is 1.91. The fourth-order valence-corrected chi connectivity index (χ4v) is 2.76. The van der Waals surface area contributed by atoms with E-state index in [1.165, 1.54) is 0 Å². The Hall–Kier alpha value is -0.780. The number of hydrogen-bond donors (Lipinski definition) is 1. The second-order valence-corrected chi connectivity index (χ2v) is 5.76. The molecule has 2 aromatic carbocycles. The third-order valence-electron chi connectivity index (χ3n) is 3.01. The maximum absolute atomic E-state index is 10.5. The molecule has 0 amide bonds. The lowest BCUT2D eigenvalue weighted by molar-refractivity contribution is 0.219. The van der Waals surface area contributed by atoms with E-state index < -0.39 is 6.10 Å². The minimum Gasteiger partial charge on any atom is -0.495 e. The minimum absolute atomic E-state index is 0.539. The first-order valence-electron chi connectivity index (χ1n) is 5.81. The van der Waals surface area contributed by atoms with Crippen molar-refractivity contribution in [1.29, 1.82) is 0 Å². The molecular weight excluding hydrogens is 375 g/mol. The van der Waals surface area contributed by atoms with Gasteiger partial charge in [-0.3, -0.25) is 0 Å². The third-order valence-corrected chi connectivity index (χ3v) is 4.79. The maximum atomic E-state index is 10.5. The van der Waals surface area contributed by atoms with Crippen LogP contribution in [0.25, 0.3) is 0 Å². The molecule has 2 aromatic rings. The molecular formula is C15H14ClIO2. The second kappa shape index (κ2) is 6.11. The summed E-state index contributed by atoms with van der Waals surface area (Å²) < 4.78 is 6.25. The van der Waals surface area contributed by atoms with Gasteiger partial charge >= 0.3 is 0 Å². The summed E-state index contributed by atoms with van der Waals surface area (Å²) >= 11 is 8.25. The number of ether oxygens (including phenoxy) is 1. The minimum atomic E-state index is -0.682. The van der Waals surface area contributed by atoms with Crippen LogP contribution in [-0.4, -0.2) is 12.2 Å². The van der Waals surface area contributed by atoms with E-state index in [9.17, 15) is 5.11 Å². The first-order valence-corrected chi connectivity index (χ1v) is 7.26. The molecule has 0 saturated heterocycles. The summed E-state index contributed by atoms with van der Waals surface area (Å²) in [6.45, 7) is 2.03. The zero-order chi connectivity index (χ0) is 14.0.